The van der Waals surface area contributed by atoms with Crippen LogP contribution in [0.1, 0.15) is 0 Å². The Morgan fingerprint density at radius 3 is 1.72 bits per heavy atom. The summed E-state index contributed by atoms with van der Waals surface area (Å²) in [4.78, 5) is 0. The van der Waals surface area contributed by atoms with Gasteiger partial charge in [0.15, 0.2) is 18.9 Å². The molecule has 15 atom stereocenters. The fourth-order valence-corrected chi connectivity index (χ4v) is 4.48. The van der Waals surface area contributed by atoms with E-state index in [1.54, 1.807) is 0 Å². The van der Waals surface area contributed by atoms with Gasteiger partial charge in [0, 0.05) is 0 Å². The first-order chi connectivity index (χ1) is 17.1. The molecule has 212 valence electrons. The predicted molar refractivity (Wildman–Crippen MR) is 113 cm³/mol. The summed E-state index contributed by atoms with van der Waals surface area (Å²) < 4.78 is 27.8. The Kier molecular flexibility index (Phi) is 10.7. The molecule has 17 nitrogen and oxygen atoms in total. The Hall–Kier alpha value is -0.680. The lowest BCUT2D eigenvalue weighted by atomic mass is 9.94. The molecule has 3 heterocycles. The van der Waals surface area contributed by atoms with Gasteiger partial charge in [-0.05, 0) is 0 Å². The van der Waals surface area contributed by atoms with Crippen LogP contribution < -0.4 is 16.8 Å². The Bertz CT molecular complexity index is 679. The summed E-state index contributed by atoms with van der Waals surface area (Å²) in [7, 11) is 0. The summed E-state index contributed by atoms with van der Waals surface area (Å²) in [5, 5.41) is 92.4. The second-order valence-electron chi connectivity index (χ2n) is 8.91. The molecule has 0 spiro atoms. The number of nitrogens with one attached hydrogen (secondary N) is 1. The molecule has 0 aromatic rings. The molecular weight excluding hydrogens is 494 g/mol. The monoisotopic (exact) mass is 531 g/mol. The van der Waals surface area contributed by atoms with Crippen molar-refractivity contribution in [3.8, 4) is 0 Å². The minimum atomic E-state index is -1.59. The second kappa shape index (κ2) is 12.9. The molecule has 3 aliphatic rings. The average molecular weight is 532 g/mol. The molecule has 3 aliphatic heterocycles. The highest BCUT2D eigenvalue weighted by molar-refractivity contribution is 4.99. The summed E-state index contributed by atoms with van der Waals surface area (Å²) in [5.41, 5.74) is 11.6. The van der Waals surface area contributed by atoms with Crippen LogP contribution in [0.5, 0.6) is 0 Å². The van der Waals surface area contributed by atoms with Gasteiger partial charge in [-0.3, -0.25) is 5.32 Å². The van der Waals surface area contributed by atoms with E-state index >= 15 is 0 Å². The van der Waals surface area contributed by atoms with Crippen LogP contribution in [0.25, 0.3) is 0 Å². The van der Waals surface area contributed by atoms with Crippen LogP contribution >= 0.6 is 0 Å². The van der Waals surface area contributed by atoms with E-state index in [9.17, 15) is 46.0 Å². The Morgan fingerprint density at radius 1 is 0.611 bits per heavy atom. The Morgan fingerprint density at radius 2 is 1.14 bits per heavy atom. The maximum Gasteiger partial charge on any atom is 0.176 e. The zero-order chi connectivity index (χ0) is 26.7. The van der Waals surface area contributed by atoms with Gasteiger partial charge < -0.3 is 81.1 Å². The highest BCUT2D eigenvalue weighted by Crippen LogP contribution is 2.31. The maximum atomic E-state index is 11.1. The Balaban J connectivity index is 1.79. The molecule has 0 aromatic heterocycles. The fraction of sp³-hybridized carbons (Fsp3) is 1.00. The van der Waals surface area contributed by atoms with E-state index in [1.165, 1.54) is 0 Å². The minimum Gasteiger partial charge on any atom is -0.394 e. The molecule has 3 saturated heterocycles. The molecule has 0 aromatic carbocycles. The average Bonchev–Trinajstić information content (AvgIpc) is 2.87. The fourth-order valence-electron chi connectivity index (χ4n) is 4.48. The van der Waals surface area contributed by atoms with E-state index in [-0.39, 0.29) is 0 Å². The normalized spacial score (nSPS) is 50.2. The van der Waals surface area contributed by atoms with Crippen LogP contribution in [0.3, 0.4) is 0 Å². The quantitative estimate of drug-likeness (QED) is 0.123. The van der Waals surface area contributed by atoms with E-state index in [0.717, 1.165) is 0 Å². The van der Waals surface area contributed by atoms with Crippen LogP contribution in [0, 0.1) is 0 Å². The summed E-state index contributed by atoms with van der Waals surface area (Å²) in [5.74, 6) is 0. The summed E-state index contributed by atoms with van der Waals surface area (Å²) in [6.45, 7) is -2.75. The highest BCUT2D eigenvalue weighted by atomic mass is 16.7. The third-order valence-electron chi connectivity index (χ3n) is 6.61. The molecule has 14 N–H and O–H groups in total. The first kappa shape index (κ1) is 29.9. The van der Waals surface area contributed by atoms with Crippen molar-refractivity contribution in [1.82, 2.24) is 5.32 Å². The van der Waals surface area contributed by atoms with E-state index in [1.807, 2.05) is 0 Å². The first-order valence-electron chi connectivity index (χ1n) is 11.4. The van der Waals surface area contributed by atoms with Gasteiger partial charge in [0.1, 0.15) is 54.9 Å². The van der Waals surface area contributed by atoms with Crippen LogP contribution in [0.2, 0.25) is 0 Å². The zero-order valence-electron chi connectivity index (χ0n) is 19.2. The molecule has 0 saturated carbocycles. The standard InChI is InChI=1S/C19H37N3O14/c20-8-13(29)15(6(2-24)32-17(8)31)36-19-10(22-4-26)14(30)16(7(3-25)34-19)35-18-9(21)12(28)11(27)5(1-23)33-18/h5-19,22-31H,1-4,20-21H2/t5-,6-,7-,8-,9-,10-,11-,12-,13-,14-,15?,16?,17-,18+,19+/m1/s1. The molecule has 36 heavy (non-hydrogen) atoms. The minimum absolute atomic E-state index is 0.669. The second-order valence-corrected chi connectivity index (χ2v) is 8.91. The molecule has 3 fully saturated rings. The van der Waals surface area contributed by atoms with E-state index in [0.29, 0.717) is 0 Å². The van der Waals surface area contributed by atoms with Crippen molar-refractivity contribution >= 4 is 0 Å². The molecule has 3 rings (SSSR count). The van der Waals surface area contributed by atoms with E-state index < -0.39 is 118 Å². The molecule has 0 radical (unpaired) electrons. The zero-order valence-corrected chi connectivity index (χ0v) is 19.2. The van der Waals surface area contributed by atoms with Crippen LogP contribution in [0.4, 0.5) is 0 Å². The lowest BCUT2D eigenvalue weighted by Crippen LogP contribution is -2.70. The van der Waals surface area contributed by atoms with Crippen LogP contribution in [-0.4, -0.2) is 164 Å². The molecule has 17 heteroatoms. The SMILES string of the molecule is N[C@H]1[C@H](OC2[C@@H](CO)O[C@@H](OC3[C@@H](CO)O[C@@H](O)[C@H](N)[C@H]3O)[C@H](NCO)[C@H]2O)O[C@H](CO)[C@@H](O)[C@@H]1O. The smallest absolute Gasteiger partial charge is 0.176 e. The lowest BCUT2D eigenvalue weighted by Gasteiger charge is -2.49. The van der Waals surface area contributed by atoms with Gasteiger partial charge in [0.05, 0.1) is 44.7 Å². The number of hydrogen-bond donors (Lipinski definition) is 12. The van der Waals surface area contributed by atoms with Crippen molar-refractivity contribution in [1.29, 1.82) is 0 Å². The number of aliphatic hydroxyl groups excluding tert-OH is 9. The van der Waals surface area contributed by atoms with Gasteiger partial charge in [-0.1, -0.05) is 0 Å². The van der Waals surface area contributed by atoms with Crippen molar-refractivity contribution < 1.29 is 69.6 Å². The van der Waals surface area contributed by atoms with Gasteiger partial charge in [-0.2, -0.15) is 0 Å². The van der Waals surface area contributed by atoms with E-state index in [4.69, 9.17) is 35.2 Å². The number of aliphatic hydroxyl groups is 9. The lowest BCUT2D eigenvalue weighted by molar-refractivity contribution is -0.351. The number of nitrogens with two attached hydrogens (primary N) is 2. The van der Waals surface area contributed by atoms with Gasteiger partial charge in [-0.25, -0.2) is 0 Å². The maximum absolute atomic E-state index is 11.1. The molecular formula is C19H37N3O14. The van der Waals surface area contributed by atoms with Gasteiger partial charge in [-0.15, -0.1) is 0 Å². The van der Waals surface area contributed by atoms with Gasteiger partial charge in [0.25, 0.3) is 0 Å². The van der Waals surface area contributed by atoms with Crippen molar-refractivity contribution in [2.45, 2.75) is 91.9 Å². The van der Waals surface area contributed by atoms with Crippen molar-refractivity contribution in [2.24, 2.45) is 11.5 Å². The predicted octanol–water partition coefficient (Wildman–Crippen LogP) is -8.09. The number of ether oxygens (including phenoxy) is 5. The molecule has 0 aliphatic carbocycles. The van der Waals surface area contributed by atoms with E-state index in [2.05, 4.69) is 5.32 Å². The van der Waals surface area contributed by atoms with Crippen LogP contribution in [0.15, 0.2) is 0 Å². The molecule has 2 unspecified atom stereocenters. The summed E-state index contributed by atoms with van der Waals surface area (Å²) in [6, 6.07) is -3.87. The largest absolute Gasteiger partial charge is 0.394 e. The third kappa shape index (κ3) is 5.98. The van der Waals surface area contributed by atoms with Crippen molar-refractivity contribution in [2.75, 3.05) is 26.6 Å². The van der Waals surface area contributed by atoms with Gasteiger partial charge in [0.2, 0.25) is 0 Å². The van der Waals surface area contributed by atoms with Crippen molar-refractivity contribution in [3.63, 3.8) is 0 Å². The highest BCUT2D eigenvalue weighted by Gasteiger charge is 2.53. The summed E-state index contributed by atoms with van der Waals surface area (Å²) in [6.07, 6.45) is -17.2. The molecule has 0 amide bonds. The summed E-state index contributed by atoms with van der Waals surface area (Å²) >= 11 is 0. The topological polar surface area (TPSA) is 292 Å². The van der Waals surface area contributed by atoms with Crippen LogP contribution in [-0.2, 0) is 23.7 Å². The third-order valence-corrected chi connectivity index (χ3v) is 6.61. The number of hydrogen-bond acceptors (Lipinski definition) is 17. The van der Waals surface area contributed by atoms with Gasteiger partial charge >= 0.3 is 0 Å². The Labute approximate surface area is 205 Å². The molecule has 0 bridgehead atoms. The number of rotatable bonds is 9. The van der Waals surface area contributed by atoms with Crippen molar-refractivity contribution in [3.05, 3.63) is 0 Å². The first-order valence-corrected chi connectivity index (χ1v) is 11.4.